The van der Waals surface area contributed by atoms with Crippen LogP contribution in [0.1, 0.15) is 0 Å². The molecule has 0 spiro atoms. The Morgan fingerprint density at radius 1 is 1.23 bits per heavy atom. The molecule has 1 aromatic rings. The van der Waals surface area contributed by atoms with Crippen LogP contribution in [-0.2, 0) is 4.79 Å². The van der Waals surface area contributed by atoms with Crippen LogP contribution in [0.3, 0.4) is 0 Å². The van der Waals surface area contributed by atoms with Crippen molar-refractivity contribution in [3.05, 3.63) is 34.6 Å². The third-order valence-corrected chi connectivity index (χ3v) is 3.90. The molecule has 0 atom stereocenters. The summed E-state index contributed by atoms with van der Waals surface area (Å²) in [6.45, 7) is 0. The molecular weight excluding hydrogens is 204 g/mol. The van der Waals surface area contributed by atoms with Crippen molar-refractivity contribution in [2.45, 2.75) is 9.79 Å². The van der Waals surface area contributed by atoms with E-state index in [4.69, 9.17) is 5.11 Å². The Morgan fingerprint density at radius 3 is 2.62 bits per heavy atom. The molecule has 4 heteroatoms. The van der Waals surface area contributed by atoms with E-state index in [2.05, 4.69) is 0 Å². The van der Waals surface area contributed by atoms with Crippen LogP contribution in [0.4, 0.5) is 0 Å². The van der Waals surface area contributed by atoms with E-state index in [1.165, 1.54) is 23.5 Å². The van der Waals surface area contributed by atoms with Gasteiger partial charge in [-0.25, -0.2) is 4.79 Å². The first-order chi connectivity index (χ1) is 6.27. The minimum absolute atomic E-state index is 0.392. The van der Waals surface area contributed by atoms with Crippen LogP contribution in [0.15, 0.2) is 44.4 Å². The Hall–Kier alpha value is -0.870. The molecule has 66 valence electrons. The minimum Gasteiger partial charge on any atom is -0.477 e. The fraction of sp³-hybridized carbons (Fsp3) is 0. The fourth-order valence-electron chi connectivity index (χ4n) is 0.985. The lowest BCUT2D eigenvalue weighted by atomic mass is 10.4. The van der Waals surface area contributed by atoms with Crippen LogP contribution in [0.25, 0.3) is 0 Å². The van der Waals surface area contributed by atoms with Gasteiger partial charge in [-0.3, -0.25) is 0 Å². The number of fused-ring (bicyclic) bond motifs is 1. The number of carbonyl (C=O) groups is 1. The van der Waals surface area contributed by atoms with Gasteiger partial charge in [-0.1, -0.05) is 35.7 Å². The molecule has 1 N–H and O–H groups in total. The van der Waals surface area contributed by atoms with Gasteiger partial charge in [0.05, 0.1) is 0 Å². The molecule has 1 aliphatic rings. The van der Waals surface area contributed by atoms with E-state index in [1.54, 1.807) is 5.41 Å². The van der Waals surface area contributed by atoms with Gasteiger partial charge in [-0.05, 0) is 17.5 Å². The van der Waals surface area contributed by atoms with Crippen molar-refractivity contribution in [3.63, 3.8) is 0 Å². The molecule has 1 heterocycles. The van der Waals surface area contributed by atoms with Crippen LogP contribution in [0, 0.1) is 0 Å². The monoisotopic (exact) mass is 210 g/mol. The Morgan fingerprint density at radius 2 is 1.92 bits per heavy atom. The minimum atomic E-state index is -0.855. The Balaban J connectivity index is 2.33. The topological polar surface area (TPSA) is 37.3 Å². The molecule has 0 aliphatic carbocycles. The molecule has 0 saturated heterocycles. The van der Waals surface area contributed by atoms with Crippen molar-refractivity contribution < 1.29 is 9.90 Å². The molecule has 0 saturated carbocycles. The second kappa shape index (κ2) is 3.47. The zero-order chi connectivity index (χ0) is 9.26. The smallest absolute Gasteiger partial charge is 0.343 e. The maximum absolute atomic E-state index is 10.7. The number of thioether (sulfide) groups is 2. The van der Waals surface area contributed by atoms with E-state index >= 15 is 0 Å². The van der Waals surface area contributed by atoms with Crippen LogP contribution in [0.5, 0.6) is 0 Å². The summed E-state index contributed by atoms with van der Waals surface area (Å²) in [5.41, 5.74) is 0. The molecule has 0 fully saturated rings. The van der Waals surface area contributed by atoms with Gasteiger partial charge in [-0.2, -0.15) is 0 Å². The maximum Gasteiger partial charge on any atom is 0.343 e. The summed E-state index contributed by atoms with van der Waals surface area (Å²) in [4.78, 5) is 13.2. The van der Waals surface area contributed by atoms with E-state index in [0.29, 0.717) is 4.91 Å². The largest absolute Gasteiger partial charge is 0.477 e. The number of hydrogen-bond donors (Lipinski definition) is 1. The summed E-state index contributed by atoms with van der Waals surface area (Å²) < 4.78 is 0. The highest BCUT2D eigenvalue weighted by atomic mass is 32.2. The van der Waals surface area contributed by atoms with Crippen molar-refractivity contribution in [3.8, 4) is 0 Å². The Kier molecular flexibility index (Phi) is 2.33. The average Bonchev–Trinajstić information content (AvgIpc) is 2.17. The molecule has 0 amide bonds. The predicted molar refractivity (Wildman–Crippen MR) is 53.9 cm³/mol. The van der Waals surface area contributed by atoms with Gasteiger partial charge in [-0.15, -0.1) is 0 Å². The van der Waals surface area contributed by atoms with Gasteiger partial charge < -0.3 is 5.11 Å². The van der Waals surface area contributed by atoms with E-state index in [0.717, 1.165) is 9.79 Å². The fourth-order valence-corrected chi connectivity index (χ4v) is 2.91. The second-order valence-electron chi connectivity index (χ2n) is 2.45. The third-order valence-electron chi connectivity index (χ3n) is 1.57. The van der Waals surface area contributed by atoms with E-state index in [9.17, 15) is 4.79 Å². The van der Waals surface area contributed by atoms with Gasteiger partial charge in [0.1, 0.15) is 4.91 Å². The van der Waals surface area contributed by atoms with Crippen molar-refractivity contribution >= 4 is 29.5 Å². The molecule has 13 heavy (non-hydrogen) atoms. The summed E-state index contributed by atoms with van der Waals surface area (Å²) in [5, 5.41) is 10.4. The molecule has 0 unspecified atom stereocenters. The summed E-state index contributed by atoms with van der Waals surface area (Å²) in [6.07, 6.45) is 0. The molecule has 0 bridgehead atoms. The van der Waals surface area contributed by atoms with E-state index in [-0.39, 0.29) is 0 Å². The third kappa shape index (κ3) is 1.73. The first kappa shape index (κ1) is 8.72. The Labute approximate surface area is 84.0 Å². The lowest BCUT2D eigenvalue weighted by molar-refractivity contribution is -0.131. The van der Waals surface area contributed by atoms with Gasteiger partial charge in [0.2, 0.25) is 0 Å². The first-order valence-electron chi connectivity index (χ1n) is 3.64. The van der Waals surface area contributed by atoms with E-state index < -0.39 is 5.97 Å². The van der Waals surface area contributed by atoms with Crippen molar-refractivity contribution in [2.75, 3.05) is 0 Å². The second-order valence-corrected chi connectivity index (χ2v) is 4.45. The SMILES string of the molecule is O=C(O)C1=CSc2ccccc2S1. The molecule has 0 aromatic heterocycles. The zero-order valence-corrected chi connectivity index (χ0v) is 8.19. The number of hydrogen-bond acceptors (Lipinski definition) is 3. The van der Waals surface area contributed by atoms with Crippen LogP contribution in [-0.4, -0.2) is 11.1 Å². The van der Waals surface area contributed by atoms with Gasteiger partial charge in [0.15, 0.2) is 0 Å². The highest BCUT2D eigenvalue weighted by Gasteiger charge is 2.16. The lowest BCUT2D eigenvalue weighted by Gasteiger charge is -2.11. The van der Waals surface area contributed by atoms with Crippen LogP contribution >= 0.6 is 23.5 Å². The highest BCUT2D eigenvalue weighted by Crippen LogP contribution is 2.41. The van der Waals surface area contributed by atoms with Crippen molar-refractivity contribution in [1.82, 2.24) is 0 Å². The van der Waals surface area contributed by atoms with Crippen LogP contribution in [0.2, 0.25) is 0 Å². The Bertz CT molecular complexity index is 385. The molecule has 2 nitrogen and oxygen atoms in total. The number of carboxylic acid groups (broad SMARTS) is 1. The quantitative estimate of drug-likeness (QED) is 0.773. The zero-order valence-electron chi connectivity index (χ0n) is 6.56. The molecule has 1 aromatic carbocycles. The van der Waals surface area contributed by atoms with Gasteiger partial charge in [0.25, 0.3) is 0 Å². The number of aliphatic carboxylic acids is 1. The van der Waals surface area contributed by atoms with Gasteiger partial charge >= 0.3 is 5.97 Å². The molecule has 1 aliphatic heterocycles. The van der Waals surface area contributed by atoms with Crippen LogP contribution < -0.4 is 0 Å². The summed E-state index contributed by atoms with van der Waals surface area (Å²) >= 11 is 2.77. The van der Waals surface area contributed by atoms with Crippen molar-refractivity contribution in [2.24, 2.45) is 0 Å². The standard InChI is InChI=1S/C9H6O2S2/c10-9(11)8-5-12-6-3-1-2-4-7(6)13-8/h1-5H,(H,10,11). The normalized spacial score (nSPS) is 14.6. The maximum atomic E-state index is 10.7. The predicted octanol–water partition coefficient (Wildman–Crippen LogP) is 2.81. The lowest BCUT2D eigenvalue weighted by Crippen LogP contribution is -1.98. The molecular formula is C9H6O2S2. The number of rotatable bonds is 1. The summed E-state index contributed by atoms with van der Waals surface area (Å²) in [5.74, 6) is -0.855. The van der Waals surface area contributed by atoms with E-state index in [1.807, 2.05) is 24.3 Å². The first-order valence-corrected chi connectivity index (χ1v) is 5.34. The molecule has 2 rings (SSSR count). The highest BCUT2D eigenvalue weighted by molar-refractivity contribution is 8.09. The average molecular weight is 210 g/mol. The molecule has 0 radical (unpaired) electrons. The number of carboxylic acids is 1. The summed E-state index contributed by atoms with van der Waals surface area (Å²) in [6, 6.07) is 7.79. The number of benzene rings is 1. The summed E-state index contributed by atoms with van der Waals surface area (Å²) in [7, 11) is 0. The van der Waals surface area contributed by atoms with Crippen molar-refractivity contribution in [1.29, 1.82) is 0 Å². The van der Waals surface area contributed by atoms with Gasteiger partial charge in [0, 0.05) is 9.79 Å².